The van der Waals surface area contributed by atoms with Crippen LogP contribution < -0.4 is 5.32 Å². The van der Waals surface area contributed by atoms with Gasteiger partial charge in [-0.15, -0.1) is 0 Å². The van der Waals surface area contributed by atoms with Gasteiger partial charge >= 0.3 is 6.18 Å². The molecule has 154 valence electrons. The Morgan fingerprint density at radius 1 is 1.34 bits per heavy atom. The van der Waals surface area contributed by atoms with Crippen molar-refractivity contribution in [2.24, 2.45) is 7.05 Å². The van der Waals surface area contributed by atoms with Crippen LogP contribution in [-0.4, -0.2) is 20.6 Å². The van der Waals surface area contributed by atoms with Crippen molar-refractivity contribution in [1.82, 2.24) is 9.78 Å². The number of nitro benzene ring substituents is 1. The van der Waals surface area contributed by atoms with E-state index in [0.29, 0.717) is 6.07 Å². The van der Waals surface area contributed by atoms with Crippen molar-refractivity contribution in [1.29, 1.82) is 5.26 Å². The Hall–Kier alpha value is -2.94. The summed E-state index contributed by atoms with van der Waals surface area (Å²) in [4.78, 5) is 23.0. The van der Waals surface area contributed by atoms with E-state index in [1.54, 1.807) is 20.8 Å². The van der Waals surface area contributed by atoms with E-state index < -0.39 is 39.4 Å². The Labute approximate surface area is 171 Å². The number of nitrogens with zero attached hydrogens (tertiary/aromatic N) is 4. The van der Waals surface area contributed by atoms with Crippen LogP contribution in [0.1, 0.15) is 48.1 Å². The molecule has 0 aliphatic rings. The van der Waals surface area contributed by atoms with Gasteiger partial charge in [0.2, 0.25) is 0 Å². The average molecular weight is 474 g/mol. The predicted octanol–water partition coefficient (Wildman–Crippen LogP) is 4.53. The maximum absolute atomic E-state index is 13.4. The zero-order chi connectivity index (χ0) is 22.3. The Morgan fingerprint density at radius 3 is 2.38 bits per heavy atom. The molecule has 1 N–H and O–H groups in total. The van der Waals surface area contributed by atoms with Crippen molar-refractivity contribution in [3.63, 3.8) is 0 Å². The van der Waals surface area contributed by atoms with Gasteiger partial charge in [0, 0.05) is 23.0 Å². The van der Waals surface area contributed by atoms with Gasteiger partial charge in [-0.05, 0) is 6.07 Å². The number of aromatic nitrogens is 2. The third-order valence-corrected chi connectivity index (χ3v) is 4.37. The predicted molar refractivity (Wildman–Crippen MR) is 100 cm³/mol. The van der Waals surface area contributed by atoms with E-state index in [1.807, 2.05) is 11.4 Å². The number of hydrogen-bond donors (Lipinski definition) is 1. The second-order valence-electron chi connectivity index (χ2n) is 7.11. The van der Waals surface area contributed by atoms with Gasteiger partial charge in [-0.2, -0.15) is 23.5 Å². The van der Waals surface area contributed by atoms with Crippen molar-refractivity contribution >= 4 is 33.2 Å². The molecule has 0 spiro atoms. The number of alkyl halides is 3. The largest absolute Gasteiger partial charge is 0.418 e. The number of benzene rings is 1. The molecule has 0 aliphatic heterocycles. The topological polar surface area (TPSA) is 114 Å². The second-order valence-corrected chi connectivity index (χ2v) is 8.03. The standard InChI is InChI=1S/C17H15BrF3N5O3/c1-16(2,3)14-9(7-22)13(25(4)24-14)15(27)23-12-10(17(19,20)21)5-8(18)6-11(12)26(28)29/h5-6H,1-4H3,(H,23,27). The number of hydrogen-bond acceptors (Lipinski definition) is 5. The Balaban J connectivity index is 2.68. The summed E-state index contributed by atoms with van der Waals surface area (Å²) >= 11 is 2.80. The molecule has 0 saturated carbocycles. The molecule has 0 fully saturated rings. The molecule has 0 aliphatic carbocycles. The minimum atomic E-state index is -4.97. The fourth-order valence-electron chi connectivity index (χ4n) is 2.68. The van der Waals surface area contributed by atoms with Crippen LogP contribution in [0.2, 0.25) is 0 Å². The second kappa shape index (κ2) is 7.47. The molecule has 1 heterocycles. The zero-order valence-corrected chi connectivity index (χ0v) is 17.3. The first-order valence-electron chi connectivity index (χ1n) is 8.02. The van der Waals surface area contributed by atoms with Gasteiger partial charge in [-0.25, -0.2) is 0 Å². The molecule has 29 heavy (non-hydrogen) atoms. The van der Waals surface area contributed by atoms with E-state index in [0.717, 1.165) is 10.7 Å². The van der Waals surface area contributed by atoms with Gasteiger partial charge in [0.05, 0.1) is 16.2 Å². The number of carbonyl (C=O) groups is 1. The lowest BCUT2D eigenvalue weighted by molar-refractivity contribution is -0.384. The molecule has 0 bridgehead atoms. The summed E-state index contributed by atoms with van der Waals surface area (Å²) in [5, 5.41) is 26.9. The summed E-state index contributed by atoms with van der Waals surface area (Å²) < 4.78 is 41.2. The first kappa shape index (κ1) is 22.4. The molecule has 0 atom stereocenters. The third kappa shape index (κ3) is 4.40. The third-order valence-electron chi connectivity index (χ3n) is 3.91. The van der Waals surface area contributed by atoms with Gasteiger partial charge in [-0.3, -0.25) is 19.6 Å². The highest BCUT2D eigenvalue weighted by atomic mass is 79.9. The normalized spacial score (nSPS) is 11.8. The molecule has 1 aromatic carbocycles. The Morgan fingerprint density at radius 2 is 1.93 bits per heavy atom. The smallest absolute Gasteiger partial charge is 0.314 e. The summed E-state index contributed by atoms with van der Waals surface area (Å²) in [6.07, 6.45) is -4.97. The average Bonchev–Trinajstić information content (AvgIpc) is 2.91. The highest BCUT2D eigenvalue weighted by Crippen LogP contribution is 2.42. The molecular weight excluding hydrogens is 459 g/mol. The zero-order valence-electron chi connectivity index (χ0n) is 15.7. The summed E-state index contributed by atoms with van der Waals surface area (Å²) in [6, 6.07) is 3.31. The van der Waals surface area contributed by atoms with Gasteiger partial charge < -0.3 is 5.32 Å². The fourth-order valence-corrected chi connectivity index (χ4v) is 3.13. The molecule has 0 saturated heterocycles. The van der Waals surface area contributed by atoms with Gasteiger partial charge in [0.1, 0.15) is 23.0 Å². The van der Waals surface area contributed by atoms with Crippen LogP contribution in [0.15, 0.2) is 16.6 Å². The molecule has 1 amide bonds. The Kier molecular flexibility index (Phi) is 5.76. The number of carbonyl (C=O) groups excluding carboxylic acids is 1. The van der Waals surface area contributed by atoms with Crippen molar-refractivity contribution in [2.75, 3.05) is 5.32 Å². The van der Waals surface area contributed by atoms with Crippen molar-refractivity contribution in [3.05, 3.63) is 49.2 Å². The number of nitriles is 1. The number of amides is 1. The number of rotatable bonds is 3. The lowest BCUT2D eigenvalue weighted by Crippen LogP contribution is -2.21. The van der Waals surface area contributed by atoms with E-state index >= 15 is 0 Å². The number of nitro groups is 1. The van der Waals surface area contributed by atoms with Crippen molar-refractivity contribution in [3.8, 4) is 6.07 Å². The quantitative estimate of drug-likeness (QED) is 0.519. The summed E-state index contributed by atoms with van der Waals surface area (Å²) in [5.41, 5.74) is -4.14. The summed E-state index contributed by atoms with van der Waals surface area (Å²) in [6.45, 7) is 5.25. The van der Waals surface area contributed by atoms with E-state index in [4.69, 9.17) is 0 Å². The highest BCUT2D eigenvalue weighted by Gasteiger charge is 2.39. The van der Waals surface area contributed by atoms with Gasteiger partial charge in [0.15, 0.2) is 0 Å². The van der Waals surface area contributed by atoms with Crippen LogP contribution in [0.3, 0.4) is 0 Å². The number of nitrogens with one attached hydrogen (secondary N) is 1. The van der Waals surface area contributed by atoms with Crippen LogP contribution in [0.25, 0.3) is 0 Å². The van der Waals surface area contributed by atoms with Crippen LogP contribution in [0.4, 0.5) is 24.5 Å². The van der Waals surface area contributed by atoms with E-state index in [9.17, 15) is 33.3 Å². The number of aryl methyl sites for hydroxylation is 1. The number of halogens is 4. The van der Waals surface area contributed by atoms with Crippen LogP contribution in [0, 0.1) is 21.4 Å². The maximum atomic E-state index is 13.4. The summed E-state index contributed by atoms with van der Waals surface area (Å²) in [5.74, 6) is -1.12. The van der Waals surface area contributed by atoms with Crippen LogP contribution in [0.5, 0.6) is 0 Å². The van der Waals surface area contributed by atoms with Crippen LogP contribution in [-0.2, 0) is 18.6 Å². The molecule has 0 radical (unpaired) electrons. The molecule has 12 heteroatoms. The molecule has 2 rings (SSSR count). The van der Waals surface area contributed by atoms with E-state index in [-0.39, 0.29) is 21.4 Å². The lowest BCUT2D eigenvalue weighted by Gasteiger charge is -2.15. The maximum Gasteiger partial charge on any atom is 0.418 e. The minimum Gasteiger partial charge on any atom is -0.314 e. The lowest BCUT2D eigenvalue weighted by atomic mass is 9.89. The fraction of sp³-hybridized carbons (Fsp3) is 0.353. The number of anilines is 1. The molecule has 2 aromatic rings. The first-order chi connectivity index (χ1) is 13.2. The van der Waals surface area contributed by atoms with E-state index in [1.165, 1.54) is 7.05 Å². The summed E-state index contributed by atoms with van der Waals surface area (Å²) in [7, 11) is 1.35. The monoisotopic (exact) mass is 473 g/mol. The van der Waals surface area contributed by atoms with Crippen LogP contribution >= 0.6 is 15.9 Å². The minimum absolute atomic E-state index is 0.120. The van der Waals surface area contributed by atoms with E-state index in [2.05, 4.69) is 21.0 Å². The molecule has 0 unspecified atom stereocenters. The molecule has 1 aromatic heterocycles. The molecule has 8 nitrogen and oxygen atoms in total. The van der Waals surface area contributed by atoms with Gasteiger partial charge in [-0.1, -0.05) is 36.7 Å². The SMILES string of the molecule is Cn1nc(C(C)(C)C)c(C#N)c1C(=O)Nc1c([N+](=O)[O-])cc(Br)cc1C(F)(F)F. The Bertz CT molecular complexity index is 1050. The highest BCUT2D eigenvalue weighted by molar-refractivity contribution is 9.10. The first-order valence-corrected chi connectivity index (χ1v) is 8.81. The van der Waals surface area contributed by atoms with Crippen molar-refractivity contribution < 1.29 is 22.9 Å². The van der Waals surface area contributed by atoms with Gasteiger partial charge in [0.25, 0.3) is 11.6 Å². The van der Waals surface area contributed by atoms with Crippen molar-refractivity contribution in [2.45, 2.75) is 32.4 Å². The molecular formula is C17H15BrF3N5O3.